The summed E-state index contributed by atoms with van der Waals surface area (Å²) < 4.78 is 0.647. The molecule has 0 fully saturated rings. The molecule has 0 aliphatic rings. The van der Waals surface area contributed by atoms with E-state index in [1.54, 1.807) is 0 Å². The molecule has 0 bridgehead atoms. The first-order chi connectivity index (χ1) is 6.61. The van der Waals surface area contributed by atoms with Crippen LogP contribution in [0.5, 0.6) is 0 Å². The molecule has 3 heteroatoms. The molecule has 0 aliphatic heterocycles. The van der Waals surface area contributed by atoms with Crippen LogP contribution in [0.4, 0.5) is 0 Å². The number of likely N-dealkylation sites (N-methyl/N-ethyl adjacent to an activating group) is 1. The summed E-state index contributed by atoms with van der Waals surface area (Å²) in [5, 5.41) is 0. The van der Waals surface area contributed by atoms with Gasteiger partial charge in [-0.1, -0.05) is 42.5 Å². The Morgan fingerprint density at radius 3 is 2.50 bits per heavy atom. The predicted octanol–water partition coefficient (Wildman–Crippen LogP) is 2.76. The minimum absolute atomic E-state index is 0.391. The van der Waals surface area contributed by atoms with Crippen molar-refractivity contribution in [1.82, 2.24) is 4.90 Å². The van der Waals surface area contributed by atoms with Crippen LogP contribution in [0.2, 0.25) is 0 Å². The van der Waals surface area contributed by atoms with Crippen molar-refractivity contribution in [3.63, 3.8) is 0 Å². The van der Waals surface area contributed by atoms with Gasteiger partial charge in [0.2, 0.25) is 0 Å². The van der Waals surface area contributed by atoms with Crippen molar-refractivity contribution >= 4 is 29.2 Å². The third-order valence-electron chi connectivity index (χ3n) is 2.34. The summed E-state index contributed by atoms with van der Waals surface area (Å²) in [7, 11) is 1.98. The van der Waals surface area contributed by atoms with E-state index in [0.29, 0.717) is 10.4 Å². The topological polar surface area (TPSA) is 3.24 Å². The second-order valence-electron chi connectivity index (χ2n) is 3.43. The lowest BCUT2D eigenvalue weighted by molar-refractivity contribution is 0.400. The molecule has 1 aromatic rings. The third-order valence-corrected chi connectivity index (χ3v) is 2.94. The van der Waals surface area contributed by atoms with Crippen molar-refractivity contribution in [2.75, 3.05) is 7.05 Å². The van der Waals surface area contributed by atoms with Gasteiger partial charge in [0.25, 0.3) is 0 Å². The van der Waals surface area contributed by atoms with E-state index in [1.807, 2.05) is 18.0 Å². The predicted molar refractivity (Wildman–Crippen MR) is 69.0 cm³/mol. The van der Waals surface area contributed by atoms with Crippen LogP contribution in [-0.4, -0.2) is 22.3 Å². The molecule has 14 heavy (non-hydrogen) atoms. The highest BCUT2D eigenvalue weighted by Gasteiger charge is 2.09. The second kappa shape index (κ2) is 5.37. The molecule has 0 spiro atoms. The van der Waals surface area contributed by atoms with Gasteiger partial charge in [0.1, 0.15) is 4.32 Å². The standard InChI is InChI=1S/C11H15NS2/c1-9(12(2)11(13)14)8-10-6-4-3-5-7-10/h3-7,9H,8H2,1-2H3,(H,13,14). The monoisotopic (exact) mass is 225 g/mol. The lowest BCUT2D eigenvalue weighted by Gasteiger charge is -2.24. The van der Waals surface area contributed by atoms with E-state index in [4.69, 9.17) is 12.2 Å². The summed E-state index contributed by atoms with van der Waals surface area (Å²) in [6, 6.07) is 10.8. The van der Waals surface area contributed by atoms with Gasteiger partial charge in [-0.25, -0.2) is 0 Å². The van der Waals surface area contributed by atoms with Crippen LogP contribution in [-0.2, 0) is 6.42 Å². The zero-order chi connectivity index (χ0) is 10.6. The molecule has 1 atom stereocenters. The molecule has 0 saturated carbocycles. The van der Waals surface area contributed by atoms with Gasteiger partial charge in [0.05, 0.1) is 0 Å². The molecule has 1 aromatic carbocycles. The minimum atomic E-state index is 0.391. The first-order valence-electron chi connectivity index (χ1n) is 4.61. The van der Waals surface area contributed by atoms with Crippen LogP contribution in [0.3, 0.4) is 0 Å². The number of hydrogen-bond donors (Lipinski definition) is 1. The molecule has 0 saturated heterocycles. The van der Waals surface area contributed by atoms with E-state index in [-0.39, 0.29) is 0 Å². The van der Waals surface area contributed by atoms with E-state index < -0.39 is 0 Å². The Kier molecular flexibility index (Phi) is 4.42. The van der Waals surface area contributed by atoms with Gasteiger partial charge < -0.3 is 4.90 Å². The van der Waals surface area contributed by atoms with Gasteiger partial charge >= 0.3 is 0 Å². The lowest BCUT2D eigenvalue weighted by Crippen LogP contribution is -2.32. The summed E-state index contributed by atoms with van der Waals surface area (Å²) in [5.41, 5.74) is 1.33. The van der Waals surface area contributed by atoms with Crippen molar-refractivity contribution in [1.29, 1.82) is 0 Å². The zero-order valence-electron chi connectivity index (χ0n) is 8.47. The Balaban J connectivity index is 2.57. The van der Waals surface area contributed by atoms with Crippen LogP contribution in [0.15, 0.2) is 30.3 Å². The largest absolute Gasteiger partial charge is 0.358 e. The number of rotatable bonds is 3. The van der Waals surface area contributed by atoms with Gasteiger partial charge in [0.15, 0.2) is 0 Å². The van der Waals surface area contributed by atoms with Crippen molar-refractivity contribution < 1.29 is 0 Å². The fraction of sp³-hybridized carbons (Fsp3) is 0.364. The molecule has 0 aromatic heterocycles. The Labute approximate surface area is 96.5 Å². The number of thiocarbonyl (C=S) groups is 1. The van der Waals surface area contributed by atoms with E-state index in [0.717, 1.165) is 6.42 Å². The number of nitrogens with zero attached hydrogens (tertiary/aromatic N) is 1. The van der Waals surface area contributed by atoms with Crippen LogP contribution in [0.1, 0.15) is 12.5 Å². The highest BCUT2D eigenvalue weighted by molar-refractivity contribution is 8.10. The molecule has 0 amide bonds. The third kappa shape index (κ3) is 3.31. The van der Waals surface area contributed by atoms with Crippen LogP contribution >= 0.6 is 24.8 Å². The molecule has 76 valence electrons. The summed E-state index contributed by atoms with van der Waals surface area (Å²) in [6.45, 7) is 2.15. The quantitative estimate of drug-likeness (QED) is 0.622. The van der Waals surface area contributed by atoms with Crippen LogP contribution in [0.25, 0.3) is 0 Å². The summed E-state index contributed by atoms with van der Waals surface area (Å²) in [4.78, 5) is 2.01. The second-order valence-corrected chi connectivity index (χ2v) is 4.55. The molecule has 0 heterocycles. The highest BCUT2D eigenvalue weighted by Crippen LogP contribution is 2.08. The molecule has 0 radical (unpaired) electrons. The molecule has 0 N–H and O–H groups in total. The first-order valence-corrected chi connectivity index (χ1v) is 5.46. The Hall–Kier alpha value is -0.540. The molecule has 1 unspecified atom stereocenters. The van der Waals surface area contributed by atoms with Crippen molar-refractivity contribution in [3.8, 4) is 0 Å². The van der Waals surface area contributed by atoms with Gasteiger partial charge in [-0.15, -0.1) is 12.6 Å². The Bertz CT molecular complexity index is 297. The van der Waals surface area contributed by atoms with Crippen LogP contribution < -0.4 is 0 Å². The number of thiol groups is 1. The average molecular weight is 225 g/mol. The van der Waals surface area contributed by atoms with Gasteiger partial charge in [0, 0.05) is 13.1 Å². The molecular weight excluding hydrogens is 210 g/mol. The number of hydrogen-bond acceptors (Lipinski definition) is 1. The molecule has 0 aliphatic carbocycles. The first kappa shape index (κ1) is 11.5. The maximum Gasteiger partial charge on any atom is 0.133 e. The van der Waals surface area contributed by atoms with Crippen LogP contribution in [0, 0.1) is 0 Å². The fourth-order valence-electron chi connectivity index (χ4n) is 1.28. The highest BCUT2D eigenvalue weighted by atomic mass is 32.1. The number of benzene rings is 1. The zero-order valence-corrected chi connectivity index (χ0v) is 10.2. The maximum atomic E-state index is 5.00. The summed E-state index contributed by atoms with van der Waals surface area (Å²) >= 11 is 9.16. The van der Waals surface area contributed by atoms with E-state index in [1.165, 1.54) is 5.56 Å². The average Bonchev–Trinajstić information content (AvgIpc) is 2.18. The van der Waals surface area contributed by atoms with Crippen molar-refractivity contribution in [3.05, 3.63) is 35.9 Å². The smallest absolute Gasteiger partial charge is 0.133 e. The van der Waals surface area contributed by atoms with E-state index >= 15 is 0 Å². The minimum Gasteiger partial charge on any atom is -0.358 e. The van der Waals surface area contributed by atoms with Gasteiger partial charge in [-0.05, 0) is 18.9 Å². The van der Waals surface area contributed by atoms with Crippen molar-refractivity contribution in [2.24, 2.45) is 0 Å². The normalized spacial score (nSPS) is 12.2. The maximum absolute atomic E-state index is 5.00. The lowest BCUT2D eigenvalue weighted by atomic mass is 10.1. The fourth-order valence-corrected chi connectivity index (χ4v) is 1.66. The molecular formula is C11H15NS2. The SMILES string of the molecule is CC(Cc1ccccc1)N(C)C(=S)S. The summed E-state index contributed by atoms with van der Waals surface area (Å²) in [5.74, 6) is 0. The van der Waals surface area contributed by atoms with E-state index in [2.05, 4.69) is 43.8 Å². The molecule has 1 nitrogen and oxygen atoms in total. The van der Waals surface area contributed by atoms with Crippen molar-refractivity contribution in [2.45, 2.75) is 19.4 Å². The van der Waals surface area contributed by atoms with Gasteiger partial charge in [-0.2, -0.15) is 0 Å². The Morgan fingerprint density at radius 1 is 1.43 bits per heavy atom. The van der Waals surface area contributed by atoms with E-state index in [9.17, 15) is 0 Å². The molecule has 1 rings (SSSR count). The van der Waals surface area contributed by atoms with Gasteiger partial charge in [-0.3, -0.25) is 0 Å². The summed E-state index contributed by atoms with van der Waals surface area (Å²) in [6.07, 6.45) is 0.998. The Morgan fingerprint density at radius 2 is 2.00 bits per heavy atom.